The number of fused-ring (bicyclic) bond motifs is 1. The minimum atomic E-state index is -5.02. The van der Waals surface area contributed by atoms with Gasteiger partial charge in [-0.05, 0) is 55.8 Å². The number of carbonyl (C=O) groups excluding carboxylic acids is 1. The number of rotatable bonds is 6. The van der Waals surface area contributed by atoms with Crippen LogP contribution in [0.25, 0.3) is 11.0 Å². The van der Waals surface area contributed by atoms with Gasteiger partial charge in [0.2, 0.25) is 0 Å². The summed E-state index contributed by atoms with van der Waals surface area (Å²) >= 11 is 0. The van der Waals surface area contributed by atoms with E-state index < -0.39 is 51.6 Å². The van der Waals surface area contributed by atoms with Gasteiger partial charge in [-0.15, -0.1) is 0 Å². The number of alkyl halides is 6. The van der Waals surface area contributed by atoms with E-state index >= 15 is 0 Å². The van der Waals surface area contributed by atoms with E-state index in [0.29, 0.717) is 23.2 Å². The molecule has 1 aliphatic heterocycles. The molecule has 0 saturated carbocycles. The third-order valence-corrected chi connectivity index (χ3v) is 8.33. The lowest BCUT2D eigenvalue weighted by atomic mass is 10.1. The lowest BCUT2D eigenvalue weighted by Gasteiger charge is -2.43. The number of ether oxygens (including phenoxy) is 1. The Kier molecular flexibility index (Phi) is 8.04. The van der Waals surface area contributed by atoms with Gasteiger partial charge >= 0.3 is 18.4 Å². The Labute approximate surface area is 225 Å². The molecule has 218 valence electrons. The van der Waals surface area contributed by atoms with E-state index in [0.717, 1.165) is 0 Å². The van der Waals surface area contributed by atoms with Crippen molar-refractivity contribution < 1.29 is 44.3 Å². The summed E-state index contributed by atoms with van der Waals surface area (Å²) in [6.07, 6.45) is -10.9. The molecule has 1 aliphatic rings. The van der Waals surface area contributed by atoms with E-state index in [-0.39, 0.29) is 48.4 Å². The number of hydrogen-bond acceptors (Lipinski definition) is 7. The Hall–Kier alpha value is -3.40. The molecule has 40 heavy (non-hydrogen) atoms. The maximum Gasteiger partial charge on any atom is 0.416 e. The minimum Gasteiger partial charge on any atom is -0.445 e. The molecule has 3 aromatic rings. The second-order valence-electron chi connectivity index (χ2n) is 9.60. The molecule has 1 fully saturated rings. The van der Waals surface area contributed by atoms with E-state index in [1.807, 2.05) is 4.90 Å². The van der Waals surface area contributed by atoms with Crippen LogP contribution in [0.4, 0.5) is 31.1 Å². The second-order valence-corrected chi connectivity index (χ2v) is 11.7. The summed E-state index contributed by atoms with van der Waals surface area (Å²) in [7, 11) is -3.66. The molecule has 4 rings (SSSR count). The molecule has 0 spiro atoms. The number of sulfone groups is 1. The number of aromatic amines is 1. The Balaban J connectivity index is 1.37. The van der Waals surface area contributed by atoms with E-state index in [1.54, 1.807) is 19.9 Å². The lowest BCUT2D eigenvalue weighted by molar-refractivity contribution is -0.143. The Morgan fingerprint density at radius 2 is 1.52 bits per heavy atom. The number of piperazine rings is 1. The van der Waals surface area contributed by atoms with Crippen molar-refractivity contribution in [2.45, 2.75) is 49.8 Å². The molecule has 1 saturated heterocycles. The molecule has 2 atom stereocenters. The molecular formula is C24H25F6N5O4S. The number of aromatic nitrogens is 3. The van der Waals surface area contributed by atoms with Crippen molar-refractivity contribution in [1.82, 2.24) is 25.2 Å². The largest absolute Gasteiger partial charge is 0.445 e. The van der Waals surface area contributed by atoms with Gasteiger partial charge < -0.3 is 9.64 Å². The van der Waals surface area contributed by atoms with E-state index in [9.17, 15) is 39.6 Å². The fraction of sp³-hybridized carbons (Fsp3) is 0.458. The first kappa shape index (κ1) is 29.6. The zero-order valence-corrected chi connectivity index (χ0v) is 22.1. The Morgan fingerprint density at radius 1 is 0.950 bits per heavy atom. The molecule has 0 radical (unpaired) electrons. The van der Waals surface area contributed by atoms with Gasteiger partial charge in [-0.1, -0.05) is 0 Å². The van der Waals surface area contributed by atoms with Gasteiger partial charge in [0.15, 0.2) is 9.84 Å². The maximum absolute atomic E-state index is 13.1. The minimum absolute atomic E-state index is 0.000792. The first-order chi connectivity index (χ1) is 18.5. The van der Waals surface area contributed by atoms with Crippen LogP contribution in [0, 0.1) is 0 Å². The van der Waals surface area contributed by atoms with Gasteiger partial charge in [-0.2, -0.15) is 41.8 Å². The summed E-state index contributed by atoms with van der Waals surface area (Å²) in [6.45, 7) is 3.14. The molecule has 1 amide bonds. The van der Waals surface area contributed by atoms with Crippen molar-refractivity contribution in [3.05, 3.63) is 53.1 Å². The number of amides is 1. The lowest BCUT2D eigenvalue weighted by Crippen LogP contribution is -2.58. The van der Waals surface area contributed by atoms with Gasteiger partial charge in [-0.3, -0.25) is 4.90 Å². The number of benzene rings is 2. The summed E-state index contributed by atoms with van der Waals surface area (Å²) in [5.74, 6) is -0.202. The van der Waals surface area contributed by atoms with Gasteiger partial charge in [0, 0.05) is 31.7 Å². The molecule has 1 N–H and O–H groups in total. The number of hydrogen-bond donors (Lipinski definition) is 1. The van der Waals surface area contributed by atoms with E-state index in [2.05, 4.69) is 15.4 Å². The van der Waals surface area contributed by atoms with Gasteiger partial charge in [0.1, 0.15) is 17.6 Å². The second kappa shape index (κ2) is 10.9. The molecule has 1 aromatic heterocycles. The van der Waals surface area contributed by atoms with Crippen LogP contribution >= 0.6 is 0 Å². The number of nitrogens with zero attached hydrogens (tertiary/aromatic N) is 4. The van der Waals surface area contributed by atoms with Gasteiger partial charge in [0.25, 0.3) is 0 Å². The van der Waals surface area contributed by atoms with Crippen LogP contribution in [0.1, 0.15) is 30.5 Å². The van der Waals surface area contributed by atoms with Crippen molar-refractivity contribution in [2.75, 3.05) is 25.4 Å². The Bertz CT molecular complexity index is 1450. The normalized spacial score (nSPS) is 19.2. The molecule has 0 aliphatic carbocycles. The molecule has 2 aromatic carbocycles. The number of carbonyl (C=O) groups is 1. The summed E-state index contributed by atoms with van der Waals surface area (Å²) in [4.78, 5) is 15.9. The summed E-state index contributed by atoms with van der Waals surface area (Å²) < 4.78 is 109. The average molecular weight is 594 g/mol. The molecule has 2 heterocycles. The van der Waals surface area contributed by atoms with Crippen molar-refractivity contribution >= 4 is 27.0 Å². The Morgan fingerprint density at radius 3 is 2.10 bits per heavy atom. The fourth-order valence-corrected chi connectivity index (χ4v) is 5.90. The van der Waals surface area contributed by atoms with Crippen LogP contribution in [-0.4, -0.2) is 77.2 Å². The predicted octanol–water partition coefficient (Wildman–Crippen LogP) is 4.50. The smallest absolute Gasteiger partial charge is 0.416 e. The van der Waals surface area contributed by atoms with Crippen LogP contribution in [0.2, 0.25) is 0 Å². The summed E-state index contributed by atoms with van der Waals surface area (Å²) in [6, 6.07) is 4.81. The van der Waals surface area contributed by atoms with E-state index in [4.69, 9.17) is 4.74 Å². The SMILES string of the molecule is CC1CN(C(=O)OCc2cc(C(F)(F)F)cc(C(F)(F)F)c2)CC(C)N1CCS(=O)(=O)c1ccc2n[nH]nc2c1. The van der Waals surface area contributed by atoms with Crippen molar-refractivity contribution in [2.24, 2.45) is 0 Å². The highest BCUT2D eigenvalue weighted by atomic mass is 32.2. The molecule has 0 bridgehead atoms. The number of H-pyrrole nitrogens is 1. The molecule has 9 nitrogen and oxygen atoms in total. The topological polar surface area (TPSA) is 108 Å². The quantitative estimate of drug-likeness (QED) is 0.420. The molecular weight excluding hydrogens is 568 g/mol. The van der Waals surface area contributed by atoms with Crippen molar-refractivity contribution in [3.63, 3.8) is 0 Å². The van der Waals surface area contributed by atoms with Gasteiger partial charge in [0.05, 0.1) is 21.8 Å². The van der Waals surface area contributed by atoms with Crippen LogP contribution < -0.4 is 0 Å². The fourth-order valence-electron chi connectivity index (χ4n) is 4.64. The van der Waals surface area contributed by atoms with E-state index in [1.165, 1.54) is 17.0 Å². The van der Waals surface area contributed by atoms with Crippen molar-refractivity contribution in [1.29, 1.82) is 0 Å². The monoisotopic (exact) mass is 593 g/mol. The first-order valence-electron chi connectivity index (χ1n) is 12.0. The third kappa shape index (κ3) is 6.66. The van der Waals surface area contributed by atoms with Gasteiger partial charge in [-0.25, -0.2) is 13.2 Å². The number of halogens is 6. The molecule has 2 unspecified atom stereocenters. The molecule has 16 heteroatoms. The standard InChI is InChI=1S/C24H25F6N5O4S/c1-14-11-34(22(36)39-13-16-7-17(23(25,26)27)9-18(8-16)24(28,29)30)12-15(2)35(14)5-6-40(37,38)19-3-4-20-21(10-19)32-33-31-20/h3-4,7-10,14-15H,5-6,11-13H2,1-2H3,(H,31,32,33). The number of nitrogens with one attached hydrogen (secondary N) is 1. The third-order valence-electron chi connectivity index (χ3n) is 6.63. The highest BCUT2D eigenvalue weighted by Gasteiger charge is 2.37. The average Bonchev–Trinajstić information content (AvgIpc) is 3.33. The zero-order valence-electron chi connectivity index (χ0n) is 21.3. The summed E-state index contributed by atoms with van der Waals surface area (Å²) in [5, 5.41) is 10.2. The predicted molar refractivity (Wildman–Crippen MR) is 130 cm³/mol. The van der Waals surface area contributed by atoms with Crippen LogP contribution in [0.15, 0.2) is 41.3 Å². The van der Waals surface area contributed by atoms with Crippen LogP contribution in [0.3, 0.4) is 0 Å². The van der Waals surface area contributed by atoms with Crippen molar-refractivity contribution in [3.8, 4) is 0 Å². The highest BCUT2D eigenvalue weighted by Crippen LogP contribution is 2.36. The maximum atomic E-state index is 13.1. The zero-order chi connectivity index (χ0) is 29.5. The first-order valence-corrected chi connectivity index (χ1v) is 13.7. The van der Waals surface area contributed by atoms with Crippen LogP contribution in [-0.2, 0) is 33.5 Å². The highest BCUT2D eigenvalue weighted by molar-refractivity contribution is 7.91. The van der Waals surface area contributed by atoms with Crippen LogP contribution in [0.5, 0.6) is 0 Å². The summed E-state index contributed by atoms with van der Waals surface area (Å²) in [5.41, 5.74) is -2.52.